The molecule has 0 unspecified atom stereocenters. The number of carbonyl (C=O) groups excluding carboxylic acids is 1. The quantitative estimate of drug-likeness (QED) is 0.292. The van der Waals surface area contributed by atoms with Gasteiger partial charge in [0, 0.05) is 41.3 Å². The summed E-state index contributed by atoms with van der Waals surface area (Å²) in [6, 6.07) is 18.7. The lowest BCUT2D eigenvalue weighted by atomic mass is 10.0. The molecule has 0 fully saturated rings. The maximum atomic E-state index is 13.2. The Morgan fingerprint density at radius 3 is 2.71 bits per heavy atom. The average Bonchev–Trinajstić information content (AvgIpc) is 3.41. The third kappa shape index (κ3) is 5.39. The van der Waals surface area contributed by atoms with E-state index < -0.39 is 11.9 Å². The minimum atomic E-state index is -4.60. The van der Waals surface area contributed by atoms with Crippen molar-refractivity contribution >= 4 is 28.4 Å². The maximum absolute atomic E-state index is 13.2. The van der Waals surface area contributed by atoms with Gasteiger partial charge in [0.2, 0.25) is 5.91 Å². The van der Waals surface area contributed by atoms with Gasteiger partial charge in [0.1, 0.15) is 0 Å². The zero-order chi connectivity index (χ0) is 26.7. The molecule has 3 aromatic heterocycles. The Morgan fingerprint density at radius 1 is 1.05 bits per heavy atom. The predicted octanol–water partition coefficient (Wildman–Crippen LogP) is 5.51. The number of halogens is 3. The second-order valence-electron chi connectivity index (χ2n) is 8.47. The summed E-state index contributed by atoms with van der Waals surface area (Å²) in [7, 11) is 0. The van der Waals surface area contributed by atoms with Gasteiger partial charge in [0.15, 0.2) is 5.69 Å². The summed E-state index contributed by atoms with van der Waals surface area (Å²) in [6.45, 7) is 0.240. The van der Waals surface area contributed by atoms with E-state index in [-0.39, 0.29) is 23.6 Å². The van der Waals surface area contributed by atoms with E-state index in [4.69, 9.17) is 0 Å². The summed E-state index contributed by atoms with van der Waals surface area (Å²) < 4.78 is 41.2. The van der Waals surface area contributed by atoms with Gasteiger partial charge in [-0.3, -0.25) is 19.7 Å². The molecule has 0 bridgehead atoms. The number of anilines is 1. The van der Waals surface area contributed by atoms with Crippen molar-refractivity contribution in [1.82, 2.24) is 19.7 Å². The number of aromatic amines is 1. The predicted molar refractivity (Wildman–Crippen MR) is 138 cm³/mol. The minimum Gasteiger partial charge on any atom is -0.323 e. The van der Waals surface area contributed by atoms with Crippen LogP contribution in [-0.4, -0.2) is 25.7 Å². The highest BCUT2D eigenvalue weighted by Gasteiger charge is 2.36. The Labute approximate surface area is 214 Å². The normalized spacial score (nSPS) is 11.8. The fourth-order valence-corrected chi connectivity index (χ4v) is 4.07. The molecular weight excluding hydrogens is 495 g/mol. The van der Waals surface area contributed by atoms with E-state index in [0.29, 0.717) is 27.7 Å². The lowest BCUT2D eigenvalue weighted by molar-refractivity contribution is -0.140. The number of fused-ring (bicyclic) bond motifs is 1. The van der Waals surface area contributed by atoms with Crippen LogP contribution in [0.25, 0.3) is 28.0 Å². The van der Waals surface area contributed by atoms with Crippen molar-refractivity contribution in [2.45, 2.75) is 12.7 Å². The zero-order valence-corrected chi connectivity index (χ0v) is 19.7. The van der Waals surface area contributed by atoms with Gasteiger partial charge in [-0.1, -0.05) is 24.3 Å². The molecule has 0 saturated carbocycles. The van der Waals surface area contributed by atoms with Crippen LogP contribution in [0.3, 0.4) is 0 Å². The first-order chi connectivity index (χ1) is 18.3. The van der Waals surface area contributed by atoms with E-state index in [2.05, 4.69) is 20.5 Å². The van der Waals surface area contributed by atoms with Gasteiger partial charge in [0.25, 0.3) is 5.56 Å². The molecule has 0 aliphatic heterocycles. The van der Waals surface area contributed by atoms with E-state index >= 15 is 0 Å². The molecule has 38 heavy (non-hydrogen) atoms. The second kappa shape index (κ2) is 10.2. The summed E-state index contributed by atoms with van der Waals surface area (Å²) in [5, 5.41) is 9.26. The number of benzene rings is 2. The Kier molecular flexibility index (Phi) is 6.61. The van der Waals surface area contributed by atoms with Crippen molar-refractivity contribution in [3.05, 3.63) is 119 Å². The van der Waals surface area contributed by atoms with E-state index in [1.165, 1.54) is 35.0 Å². The smallest absolute Gasteiger partial charge is 0.323 e. The highest BCUT2D eigenvalue weighted by Crippen LogP contribution is 2.36. The topological polar surface area (TPSA) is 92.7 Å². The van der Waals surface area contributed by atoms with Crippen LogP contribution in [-0.2, 0) is 17.5 Å². The van der Waals surface area contributed by atoms with Crippen molar-refractivity contribution in [3.8, 4) is 11.1 Å². The summed E-state index contributed by atoms with van der Waals surface area (Å²) in [5.74, 6) is -0.321. The minimum absolute atomic E-state index is 0.0858. The number of aromatic nitrogens is 4. The van der Waals surface area contributed by atoms with Gasteiger partial charge in [-0.05, 0) is 65.1 Å². The average molecular weight is 515 g/mol. The zero-order valence-electron chi connectivity index (χ0n) is 19.7. The lowest BCUT2D eigenvalue weighted by Crippen LogP contribution is -2.20. The highest BCUT2D eigenvalue weighted by molar-refractivity contribution is 6.01. The van der Waals surface area contributed by atoms with Gasteiger partial charge < -0.3 is 9.88 Å². The molecule has 2 aromatic carbocycles. The summed E-state index contributed by atoms with van der Waals surface area (Å²) in [6.07, 6.45) is 2.81. The molecule has 3 heterocycles. The lowest BCUT2D eigenvalue weighted by Gasteiger charge is -2.11. The van der Waals surface area contributed by atoms with Crippen molar-refractivity contribution in [2.24, 2.45) is 0 Å². The first kappa shape index (κ1) is 24.7. The number of hydrogen-bond donors (Lipinski definition) is 2. The number of hydrogen-bond acceptors (Lipinski definition) is 4. The molecule has 0 saturated heterocycles. The molecule has 0 aliphatic carbocycles. The van der Waals surface area contributed by atoms with Gasteiger partial charge >= 0.3 is 6.18 Å². The number of pyridine rings is 2. The number of nitrogens with one attached hydrogen (secondary N) is 2. The van der Waals surface area contributed by atoms with Crippen molar-refractivity contribution in [3.63, 3.8) is 0 Å². The molecular formula is C28H20F3N5O2. The highest BCUT2D eigenvalue weighted by atomic mass is 19.4. The Balaban J connectivity index is 1.34. The molecule has 1 amide bonds. The maximum Gasteiger partial charge on any atom is 0.435 e. The van der Waals surface area contributed by atoms with Crippen LogP contribution < -0.4 is 10.9 Å². The molecule has 2 N–H and O–H groups in total. The first-order valence-corrected chi connectivity index (χ1v) is 11.5. The van der Waals surface area contributed by atoms with Gasteiger partial charge in [-0.2, -0.15) is 18.3 Å². The van der Waals surface area contributed by atoms with Gasteiger partial charge in [-0.15, -0.1) is 0 Å². The molecule has 0 spiro atoms. The van der Waals surface area contributed by atoms with Crippen LogP contribution in [0.4, 0.5) is 18.9 Å². The first-order valence-electron chi connectivity index (χ1n) is 11.5. The van der Waals surface area contributed by atoms with Crippen LogP contribution in [0.15, 0.2) is 96.2 Å². The summed E-state index contributed by atoms with van der Waals surface area (Å²) >= 11 is 0. The Hall–Kier alpha value is -4.99. The van der Waals surface area contributed by atoms with E-state index in [1.807, 2.05) is 12.1 Å². The van der Waals surface area contributed by atoms with Crippen LogP contribution in [0.2, 0.25) is 0 Å². The largest absolute Gasteiger partial charge is 0.435 e. The van der Waals surface area contributed by atoms with Crippen LogP contribution in [0, 0.1) is 0 Å². The van der Waals surface area contributed by atoms with Gasteiger partial charge in [-0.25, -0.2) is 0 Å². The molecule has 5 aromatic rings. The molecule has 0 atom stereocenters. The number of amides is 1. The van der Waals surface area contributed by atoms with E-state index in [9.17, 15) is 22.8 Å². The molecule has 0 radical (unpaired) electrons. The summed E-state index contributed by atoms with van der Waals surface area (Å²) in [4.78, 5) is 29.5. The molecule has 190 valence electrons. The molecule has 10 heteroatoms. The number of rotatable bonds is 6. The second-order valence-corrected chi connectivity index (χ2v) is 8.47. The monoisotopic (exact) mass is 515 g/mol. The summed E-state index contributed by atoms with van der Waals surface area (Å²) in [5.41, 5.74) is 0.924. The standard InChI is InChI=1S/C28H20F3N5O2/c29-28(30,31)26-24(16-33-35-26)19-7-9-23-20(15-19)11-13-36(27(23)38)17-18-4-3-6-22(14-18)34-25(37)10-8-21-5-1-2-12-32-21/h1-16H,17H2,(H,33,35)(H,34,37). The van der Waals surface area contributed by atoms with Crippen molar-refractivity contribution in [1.29, 1.82) is 0 Å². The molecule has 5 rings (SSSR count). The third-order valence-corrected chi connectivity index (χ3v) is 5.84. The third-order valence-electron chi connectivity index (χ3n) is 5.84. The van der Waals surface area contributed by atoms with Crippen LogP contribution in [0.1, 0.15) is 17.0 Å². The van der Waals surface area contributed by atoms with Crippen LogP contribution >= 0.6 is 0 Å². The number of carbonyl (C=O) groups is 1. The van der Waals surface area contributed by atoms with Crippen molar-refractivity contribution in [2.75, 3.05) is 5.32 Å². The van der Waals surface area contributed by atoms with Gasteiger partial charge in [0.05, 0.1) is 12.2 Å². The fourth-order valence-electron chi connectivity index (χ4n) is 4.07. The van der Waals surface area contributed by atoms with E-state index in [1.54, 1.807) is 54.9 Å². The number of alkyl halides is 3. The SMILES string of the molecule is O=C(C=Cc1ccccn1)Nc1cccc(Cn2ccc3cc(-c4c[nH]nc4C(F)(F)F)ccc3c2=O)c1. The Morgan fingerprint density at radius 2 is 1.92 bits per heavy atom. The molecule has 7 nitrogen and oxygen atoms in total. The van der Waals surface area contributed by atoms with Crippen molar-refractivity contribution < 1.29 is 18.0 Å². The Bertz CT molecular complexity index is 1710. The van der Waals surface area contributed by atoms with Crippen LogP contribution in [0.5, 0.6) is 0 Å². The number of nitrogens with zero attached hydrogens (tertiary/aromatic N) is 3. The fraction of sp³-hybridized carbons (Fsp3) is 0.0714. The van der Waals surface area contributed by atoms with E-state index in [0.717, 1.165) is 5.56 Å². The number of H-pyrrole nitrogens is 1. The molecule has 0 aliphatic rings.